The highest BCUT2D eigenvalue weighted by Gasteiger charge is 2.13. The molecule has 0 aliphatic carbocycles. The Morgan fingerprint density at radius 1 is 1.11 bits per heavy atom. The van der Waals surface area contributed by atoms with Gasteiger partial charge >= 0.3 is 0 Å². The highest BCUT2D eigenvalue weighted by molar-refractivity contribution is 6.09. The van der Waals surface area contributed by atoms with Gasteiger partial charge in [0.2, 0.25) is 5.90 Å². The Labute approximate surface area is 103 Å². The SMILES string of the molecule is c1ccc2c(c1)[nH]c1cnc(C3=NCCO3)cc12. The zero-order valence-electron chi connectivity index (χ0n) is 9.68. The van der Waals surface area contributed by atoms with E-state index in [1.54, 1.807) is 0 Å². The number of nitrogens with one attached hydrogen (secondary N) is 1. The van der Waals surface area contributed by atoms with Gasteiger partial charge < -0.3 is 9.72 Å². The van der Waals surface area contributed by atoms with Gasteiger partial charge in [-0.05, 0) is 12.1 Å². The molecule has 0 saturated carbocycles. The minimum absolute atomic E-state index is 0.655. The molecule has 3 heterocycles. The fourth-order valence-corrected chi connectivity index (χ4v) is 2.36. The van der Waals surface area contributed by atoms with Crippen LogP contribution in [0.3, 0.4) is 0 Å². The van der Waals surface area contributed by atoms with E-state index in [4.69, 9.17) is 4.74 Å². The molecular formula is C14H11N3O. The molecule has 0 saturated heterocycles. The molecule has 3 aromatic rings. The summed E-state index contributed by atoms with van der Waals surface area (Å²) in [6, 6.07) is 10.3. The number of fused-ring (bicyclic) bond motifs is 3. The van der Waals surface area contributed by atoms with Crippen LogP contribution in [0, 0.1) is 0 Å². The first-order chi connectivity index (χ1) is 8.92. The van der Waals surface area contributed by atoms with Crippen LogP contribution in [0.4, 0.5) is 0 Å². The van der Waals surface area contributed by atoms with Crippen LogP contribution in [0.15, 0.2) is 41.5 Å². The van der Waals surface area contributed by atoms with Crippen molar-refractivity contribution in [2.75, 3.05) is 13.2 Å². The summed E-state index contributed by atoms with van der Waals surface area (Å²) in [7, 11) is 0. The van der Waals surface area contributed by atoms with Crippen molar-refractivity contribution in [2.45, 2.75) is 0 Å². The number of aromatic amines is 1. The number of para-hydroxylation sites is 1. The van der Waals surface area contributed by atoms with Crippen molar-refractivity contribution in [3.63, 3.8) is 0 Å². The second-order valence-electron chi connectivity index (χ2n) is 4.32. The summed E-state index contributed by atoms with van der Waals surface area (Å²) in [5.41, 5.74) is 2.98. The average Bonchev–Trinajstić information content (AvgIpc) is 3.05. The van der Waals surface area contributed by atoms with Gasteiger partial charge in [-0.15, -0.1) is 0 Å². The molecule has 0 amide bonds. The zero-order chi connectivity index (χ0) is 11.9. The highest BCUT2D eigenvalue weighted by Crippen LogP contribution is 2.25. The van der Waals surface area contributed by atoms with E-state index in [9.17, 15) is 0 Å². The van der Waals surface area contributed by atoms with Gasteiger partial charge in [-0.2, -0.15) is 0 Å². The van der Waals surface area contributed by atoms with Crippen molar-refractivity contribution < 1.29 is 4.74 Å². The Morgan fingerprint density at radius 2 is 2.06 bits per heavy atom. The molecule has 88 valence electrons. The number of nitrogens with zero attached hydrogens (tertiary/aromatic N) is 2. The van der Waals surface area contributed by atoms with Crippen LogP contribution in [0.1, 0.15) is 5.69 Å². The van der Waals surface area contributed by atoms with Crippen molar-refractivity contribution in [1.82, 2.24) is 9.97 Å². The number of aromatic nitrogens is 2. The van der Waals surface area contributed by atoms with E-state index in [1.807, 2.05) is 24.4 Å². The van der Waals surface area contributed by atoms with Crippen molar-refractivity contribution in [2.24, 2.45) is 4.99 Å². The number of pyridine rings is 1. The third-order valence-electron chi connectivity index (χ3n) is 3.20. The molecule has 4 rings (SSSR count). The molecule has 0 radical (unpaired) electrons. The average molecular weight is 237 g/mol. The van der Waals surface area contributed by atoms with Crippen LogP contribution in [-0.4, -0.2) is 29.0 Å². The predicted octanol–water partition coefficient (Wildman–Crippen LogP) is 2.49. The molecule has 0 unspecified atom stereocenters. The zero-order valence-corrected chi connectivity index (χ0v) is 9.68. The van der Waals surface area contributed by atoms with Gasteiger partial charge in [-0.1, -0.05) is 18.2 Å². The number of H-pyrrole nitrogens is 1. The summed E-state index contributed by atoms with van der Waals surface area (Å²) < 4.78 is 5.45. The summed E-state index contributed by atoms with van der Waals surface area (Å²) in [6.07, 6.45) is 1.84. The van der Waals surface area contributed by atoms with Crippen LogP contribution < -0.4 is 0 Å². The minimum atomic E-state index is 0.655. The number of hydrogen-bond donors (Lipinski definition) is 1. The summed E-state index contributed by atoms with van der Waals surface area (Å²) in [5.74, 6) is 0.655. The first-order valence-electron chi connectivity index (χ1n) is 5.96. The first kappa shape index (κ1) is 9.65. The van der Waals surface area contributed by atoms with Crippen molar-refractivity contribution in [3.8, 4) is 0 Å². The smallest absolute Gasteiger partial charge is 0.235 e. The molecule has 0 atom stereocenters. The molecule has 1 aromatic carbocycles. The molecule has 2 aromatic heterocycles. The topological polar surface area (TPSA) is 50.3 Å². The molecule has 4 nitrogen and oxygen atoms in total. The van der Waals surface area contributed by atoms with E-state index in [0.717, 1.165) is 28.7 Å². The lowest BCUT2D eigenvalue weighted by Gasteiger charge is -2.00. The molecule has 0 fully saturated rings. The van der Waals surface area contributed by atoms with Crippen LogP contribution in [0.2, 0.25) is 0 Å². The summed E-state index contributed by atoms with van der Waals surface area (Å²) >= 11 is 0. The van der Waals surface area contributed by atoms with Gasteiger partial charge in [-0.3, -0.25) is 0 Å². The fourth-order valence-electron chi connectivity index (χ4n) is 2.36. The molecule has 1 aliphatic rings. The van der Waals surface area contributed by atoms with Gasteiger partial charge in [0.25, 0.3) is 0 Å². The third-order valence-corrected chi connectivity index (χ3v) is 3.20. The Hall–Kier alpha value is -2.36. The molecule has 18 heavy (non-hydrogen) atoms. The monoisotopic (exact) mass is 237 g/mol. The lowest BCUT2D eigenvalue weighted by Crippen LogP contribution is -2.03. The van der Waals surface area contributed by atoms with E-state index in [2.05, 4.69) is 27.1 Å². The van der Waals surface area contributed by atoms with Crippen LogP contribution in [-0.2, 0) is 4.74 Å². The van der Waals surface area contributed by atoms with E-state index < -0.39 is 0 Å². The van der Waals surface area contributed by atoms with Gasteiger partial charge in [0, 0.05) is 16.3 Å². The van der Waals surface area contributed by atoms with Gasteiger partial charge in [-0.25, -0.2) is 9.98 Å². The Balaban J connectivity index is 2.00. The van der Waals surface area contributed by atoms with E-state index in [0.29, 0.717) is 12.5 Å². The summed E-state index contributed by atoms with van der Waals surface area (Å²) in [4.78, 5) is 12.0. The van der Waals surface area contributed by atoms with Gasteiger partial charge in [0.1, 0.15) is 12.3 Å². The molecule has 1 aliphatic heterocycles. The van der Waals surface area contributed by atoms with Gasteiger partial charge in [0.15, 0.2) is 0 Å². The normalized spacial score (nSPS) is 15.0. The highest BCUT2D eigenvalue weighted by atomic mass is 16.5. The van der Waals surface area contributed by atoms with Crippen LogP contribution in [0.5, 0.6) is 0 Å². The van der Waals surface area contributed by atoms with E-state index >= 15 is 0 Å². The molecule has 1 N–H and O–H groups in total. The van der Waals surface area contributed by atoms with Crippen molar-refractivity contribution in [1.29, 1.82) is 0 Å². The Bertz CT molecular complexity index is 773. The molecular weight excluding hydrogens is 226 g/mol. The summed E-state index contributed by atoms with van der Waals surface area (Å²) in [5, 5.41) is 2.36. The lowest BCUT2D eigenvalue weighted by molar-refractivity contribution is 0.347. The predicted molar refractivity (Wildman–Crippen MR) is 71.0 cm³/mol. The fraction of sp³-hybridized carbons (Fsp3) is 0.143. The second kappa shape index (κ2) is 3.57. The molecule has 4 heteroatoms. The van der Waals surface area contributed by atoms with Crippen LogP contribution in [0.25, 0.3) is 21.8 Å². The lowest BCUT2D eigenvalue weighted by atomic mass is 10.1. The molecule has 0 spiro atoms. The van der Waals surface area contributed by atoms with E-state index in [1.165, 1.54) is 5.39 Å². The van der Waals surface area contributed by atoms with Crippen LogP contribution >= 0.6 is 0 Å². The Kier molecular flexibility index (Phi) is 1.91. The largest absolute Gasteiger partial charge is 0.474 e. The maximum absolute atomic E-state index is 5.45. The Morgan fingerprint density at radius 3 is 2.94 bits per heavy atom. The standard InChI is InChI=1S/C14H11N3O/c1-2-4-11-9(3-1)10-7-12(14-15-5-6-18-14)16-8-13(10)17-11/h1-4,7-8,17H,5-6H2. The number of rotatable bonds is 1. The second-order valence-corrected chi connectivity index (χ2v) is 4.32. The van der Waals surface area contributed by atoms with Gasteiger partial charge in [0.05, 0.1) is 18.3 Å². The third kappa shape index (κ3) is 1.32. The number of aliphatic imine (C=N–C) groups is 1. The van der Waals surface area contributed by atoms with Crippen molar-refractivity contribution in [3.05, 3.63) is 42.2 Å². The quantitative estimate of drug-likeness (QED) is 0.707. The number of benzene rings is 1. The minimum Gasteiger partial charge on any atom is -0.474 e. The number of hydrogen-bond acceptors (Lipinski definition) is 3. The number of ether oxygens (including phenoxy) is 1. The van der Waals surface area contributed by atoms with Crippen molar-refractivity contribution >= 4 is 27.7 Å². The maximum Gasteiger partial charge on any atom is 0.235 e. The first-order valence-corrected chi connectivity index (χ1v) is 5.96. The maximum atomic E-state index is 5.45. The van der Waals surface area contributed by atoms with E-state index in [-0.39, 0.29) is 0 Å². The molecule has 0 bridgehead atoms. The summed E-state index contributed by atoms with van der Waals surface area (Å²) in [6.45, 7) is 1.38.